The zero-order chi connectivity index (χ0) is 23.6. The van der Waals surface area contributed by atoms with Gasteiger partial charge in [0.2, 0.25) is 15.9 Å². The predicted molar refractivity (Wildman–Crippen MR) is 126 cm³/mol. The highest BCUT2D eigenvalue weighted by Gasteiger charge is 2.23. The molecule has 0 bridgehead atoms. The quantitative estimate of drug-likeness (QED) is 0.277. The van der Waals surface area contributed by atoms with Crippen molar-refractivity contribution in [3.8, 4) is 0 Å². The zero-order valence-electron chi connectivity index (χ0n) is 18.4. The number of nitro groups is 1. The number of nitrogens with zero attached hydrogens (tertiary/aromatic N) is 2. The van der Waals surface area contributed by atoms with E-state index < -0.39 is 20.9 Å². The summed E-state index contributed by atoms with van der Waals surface area (Å²) in [6, 6.07) is 11.9. The third kappa shape index (κ3) is 7.28. The smallest absolute Gasteiger partial charge is 0.269 e. The second kappa shape index (κ2) is 12.1. The Labute approximate surface area is 189 Å². The highest BCUT2D eigenvalue weighted by molar-refractivity contribution is 7.89. The van der Waals surface area contributed by atoms with Crippen LogP contribution in [-0.4, -0.2) is 36.6 Å². The minimum atomic E-state index is -3.59. The summed E-state index contributed by atoms with van der Waals surface area (Å²) in [6.45, 7) is 5.03. The summed E-state index contributed by atoms with van der Waals surface area (Å²) in [5.74, 6) is -0.397. The third-order valence-corrected chi connectivity index (χ3v) is 6.73. The first kappa shape index (κ1) is 25.2. The van der Waals surface area contributed by atoms with Gasteiger partial charge in [-0.1, -0.05) is 26.7 Å². The van der Waals surface area contributed by atoms with E-state index in [4.69, 9.17) is 0 Å². The fourth-order valence-electron chi connectivity index (χ4n) is 2.94. The molecule has 0 heterocycles. The van der Waals surface area contributed by atoms with Gasteiger partial charge in [0.05, 0.1) is 9.82 Å². The van der Waals surface area contributed by atoms with Crippen molar-refractivity contribution in [2.24, 2.45) is 0 Å². The first-order valence-electron chi connectivity index (χ1n) is 10.6. The topological polar surface area (TPSA) is 110 Å². The molecule has 0 aromatic heterocycles. The molecule has 0 aliphatic rings. The molecule has 1 amide bonds. The molecule has 0 atom stereocenters. The number of anilines is 1. The lowest BCUT2D eigenvalue weighted by atomic mass is 10.2. The largest absolute Gasteiger partial charge is 0.323 e. The van der Waals surface area contributed by atoms with Crippen molar-refractivity contribution in [1.82, 2.24) is 4.31 Å². The number of non-ortho nitro benzene ring substituents is 1. The van der Waals surface area contributed by atoms with Crippen molar-refractivity contribution in [2.75, 3.05) is 18.4 Å². The van der Waals surface area contributed by atoms with Gasteiger partial charge in [-0.05, 0) is 60.9 Å². The molecule has 8 nitrogen and oxygen atoms in total. The molecule has 0 saturated heterocycles. The standard InChI is InChI=1S/C23H29N3O5S/c1-3-5-17-25(18-6-4-2)32(30,31)22-14-10-20(11-15-22)24-23(27)16-9-19-7-12-21(13-8-19)26(28)29/h7-16H,3-6,17-18H2,1-2H3,(H,24,27)/b16-9+. The van der Waals surface area contributed by atoms with Crippen LogP contribution in [0.3, 0.4) is 0 Å². The number of hydrogen-bond acceptors (Lipinski definition) is 5. The Morgan fingerprint density at radius 1 is 1.00 bits per heavy atom. The van der Waals surface area contributed by atoms with Gasteiger partial charge in [0.25, 0.3) is 5.69 Å². The predicted octanol–water partition coefficient (Wildman–Crippen LogP) is 4.84. The lowest BCUT2D eigenvalue weighted by Crippen LogP contribution is -2.33. The maximum Gasteiger partial charge on any atom is 0.269 e. The molecule has 2 aromatic rings. The SMILES string of the molecule is CCCCN(CCCC)S(=O)(=O)c1ccc(NC(=O)/C=C/c2ccc([N+](=O)[O-])cc2)cc1. The van der Waals surface area contributed by atoms with E-state index in [9.17, 15) is 23.3 Å². The van der Waals surface area contributed by atoms with Crippen molar-refractivity contribution in [2.45, 2.75) is 44.4 Å². The highest BCUT2D eigenvalue weighted by Crippen LogP contribution is 2.20. The van der Waals surface area contributed by atoms with E-state index in [1.54, 1.807) is 24.3 Å². The number of rotatable bonds is 12. The number of carbonyl (C=O) groups is 1. The van der Waals surface area contributed by atoms with Crippen LogP contribution < -0.4 is 5.32 Å². The van der Waals surface area contributed by atoms with E-state index in [0.717, 1.165) is 25.7 Å². The average Bonchev–Trinajstić information content (AvgIpc) is 2.78. The Kier molecular flexibility index (Phi) is 9.55. The first-order chi connectivity index (χ1) is 15.3. The van der Waals surface area contributed by atoms with Crippen molar-refractivity contribution in [3.05, 3.63) is 70.3 Å². The molecule has 0 fully saturated rings. The van der Waals surface area contributed by atoms with Gasteiger partial charge in [0.15, 0.2) is 0 Å². The van der Waals surface area contributed by atoms with Crippen LogP contribution in [0.5, 0.6) is 0 Å². The van der Waals surface area contributed by atoms with Gasteiger partial charge in [0, 0.05) is 37.0 Å². The van der Waals surface area contributed by atoms with Gasteiger partial charge in [-0.15, -0.1) is 0 Å². The van der Waals surface area contributed by atoms with Gasteiger partial charge in [-0.3, -0.25) is 14.9 Å². The second-order valence-electron chi connectivity index (χ2n) is 7.31. The fourth-order valence-corrected chi connectivity index (χ4v) is 4.46. The normalized spacial score (nSPS) is 11.7. The van der Waals surface area contributed by atoms with Crippen LogP contribution in [0, 0.1) is 10.1 Å². The van der Waals surface area contributed by atoms with Crippen LogP contribution in [0.25, 0.3) is 6.08 Å². The van der Waals surface area contributed by atoms with E-state index in [2.05, 4.69) is 5.32 Å². The monoisotopic (exact) mass is 459 g/mol. The van der Waals surface area contributed by atoms with Crippen LogP contribution in [0.4, 0.5) is 11.4 Å². The number of unbranched alkanes of at least 4 members (excludes halogenated alkanes) is 2. The Balaban J connectivity index is 2.04. The number of benzene rings is 2. The van der Waals surface area contributed by atoms with Crippen LogP contribution in [0.2, 0.25) is 0 Å². The van der Waals surface area contributed by atoms with Crippen molar-refractivity contribution in [3.63, 3.8) is 0 Å². The minimum Gasteiger partial charge on any atom is -0.323 e. The maximum atomic E-state index is 13.0. The average molecular weight is 460 g/mol. The lowest BCUT2D eigenvalue weighted by molar-refractivity contribution is -0.384. The zero-order valence-corrected chi connectivity index (χ0v) is 19.2. The third-order valence-electron chi connectivity index (χ3n) is 4.81. The Hall–Kier alpha value is -3.04. The number of nitro benzene ring substituents is 1. The van der Waals surface area contributed by atoms with Crippen molar-refractivity contribution >= 4 is 33.4 Å². The van der Waals surface area contributed by atoms with Crippen molar-refractivity contribution in [1.29, 1.82) is 0 Å². The summed E-state index contributed by atoms with van der Waals surface area (Å²) >= 11 is 0. The van der Waals surface area contributed by atoms with Gasteiger partial charge >= 0.3 is 0 Å². The Bertz CT molecular complexity index is 1020. The summed E-state index contributed by atoms with van der Waals surface area (Å²) in [4.78, 5) is 22.5. The number of nitrogens with one attached hydrogen (secondary N) is 1. The summed E-state index contributed by atoms with van der Waals surface area (Å²) in [7, 11) is -3.59. The summed E-state index contributed by atoms with van der Waals surface area (Å²) in [5, 5.41) is 13.4. The van der Waals surface area contributed by atoms with Crippen LogP contribution >= 0.6 is 0 Å². The van der Waals surface area contributed by atoms with Gasteiger partial charge in [-0.25, -0.2) is 8.42 Å². The molecule has 32 heavy (non-hydrogen) atoms. The molecule has 172 valence electrons. The summed E-state index contributed by atoms with van der Waals surface area (Å²) in [6.07, 6.45) is 6.28. The molecule has 0 aliphatic heterocycles. The number of hydrogen-bond donors (Lipinski definition) is 1. The van der Waals surface area contributed by atoms with E-state index in [1.807, 2.05) is 13.8 Å². The van der Waals surface area contributed by atoms with E-state index in [1.165, 1.54) is 40.7 Å². The van der Waals surface area contributed by atoms with E-state index in [-0.39, 0.29) is 10.6 Å². The number of carbonyl (C=O) groups excluding carboxylic acids is 1. The Morgan fingerprint density at radius 2 is 1.56 bits per heavy atom. The van der Waals surface area contributed by atoms with Gasteiger partial charge < -0.3 is 5.32 Å². The van der Waals surface area contributed by atoms with Crippen molar-refractivity contribution < 1.29 is 18.1 Å². The van der Waals surface area contributed by atoms with Crippen LogP contribution in [0.15, 0.2) is 59.5 Å². The lowest BCUT2D eigenvalue weighted by Gasteiger charge is -2.22. The molecule has 0 unspecified atom stereocenters. The van der Waals surface area contributed by atoms with E-state index in [0.29, 0.717) is 24.3 Å². The fraction of sp³-hybridized carbons (Fsp3) is 0.348. The maximum absolute atomic E-state index is 13.0. The molecule has 0 aliphatic carbocycles. The van der Waals surface area contributed by atoms with Gasteiger partial charge in [-0.2, -0.15) is 4.31 Å². The molecule has 9 heteroatoms. The molecule has 2 rings (SSSR count). The molecule has 1 N–H and O–H groups in total. The molecular formula is C23H29N3O5S. The first-order valence-corrected chi connectivity index (χ1v) is 12.1. The summed E-state index contributed by atoms with van der Waals surface area (Å²) < 4.78 is 27.5. The number of sulfonamides is 1. The molecule has 2 aromatic carbocycles. The van der Waals surface area contributed by atoms with Crippen LogP contribution in [-0.2, 0) is 14.8 Å². The molecular weight excluding hydrogens is 430 g/mol. The second-order valence-corrected chi connectivity index (χ2v) is 9.24. The van der Waals surface area contributed by atoms with E-state index >= 15 is 0 Å². The Morgan fingerprint density at radius 3 is 2.06 bits per heavy atom. The molecule has 0 spiro atoms. The van der Waals surface area contributed by atoms with Gasteiger partial charge in [0.1, 0.15) is 0 Å². The molecule has 0 radical (unpaired) electrons. The summed E-state index contributed by atoms with van der Waals surface area (Å²) in [5.41, 5.74) is 1.09. The molecule has 0 saturated carbocycles. The minimum absolute atomic E-state index is 0.0235. The van der Waals surface area contributed by atoms with Crippen LogP contribution in [0.1, 0.15) is 45.1 Å². The highest BCUT2D eigenvalue weighted by atomic mass is 32.2. The number of amides is 1.